The Balaban J connectivity index is 1.16. The summed E-state index contributed by atoms with van der Waals surface area (Å²) in [6, 6.07) is 22.1. The number of carbonyl (C=O) groups excluding carboxylic acids is 2. The van der Waals surface area contributed by atoms with Crippen molar-refractivity contribution in [1.82, 2.24) is 14.7 Å². The van der Waals surface area contributed by atoms with Gasteiger partial charge in [-0.2, -0.15) is 5.10 Å². The van der Waals surface area contributed by atoms with Crippen molar-refractivity contribution < 1.29 is 14.7 Å². The number of nitrogens with two attached hydrogens (primary N) is 1. The molecule has 3 amide bonds. The number of anilines is 3. The van der Waals surface area contributed by atoms with Gasteiger partial charge >= 0.3 is 6.03 Å². The monoisotopic (exact) mass is 580 g/mol. The number of nitrogens with one attached hydrogen (secondary N) is 2. The lowest BCUT2D eigenvalue weighted by molar-refractivity contribution is 0.0690. The first-order valence-corrected chi connectivity index (χ1v) is 14.7. The van der Waals surface area contributed by atoms with Crippen molar-refractivity contribution in [2.75, 3.05) is 29.5 Å². The van der Waals surface area contributed by atoms with Crippen LogP contribution in [-0.2, 0) is 11.8 Å². The van der Waals surface area contributed by atoms with Gasteiger partial charge in [0.2, 0.25) is 0 Å². The zero-order chi connectivity index (χ0) is 30.7. The number of likely N-dealkylation sites (tertiary alicyclic amines) is 1. The van der Waals surface area contributed by atoms with Gasteiger partial charge in [0.25, 0.3) is 5.91 Å². The van der Waals surface area contributed by atoms with E-state index in [1.165, 1.54) is 17.7 Å². The normalized spacial score (nSPS) is 14.0. The van der Waals surface area contributed by atoms with Gasteiger partial charge < -0.3 is 21.1 Å². The molecule has 9 heteroatoms. The van der Waals surface area contributed by atoms with Crippen LogP contribution in [0.2, 0.25) is 0 Å². The first kappa shape index (κ1) is 29.7. The molecule has 1 aliphatic rings. The number of hydrogen-bond donors (Lipinski definition) is 4. The van der Waals surface area contributed by atoms with Gasteiger partial charge in [-0.15, -0.1) is 0 Å². The van der Waals surface area contributed by atoms with E-state index >= 15 is 0 Å². The number of piperidine rings is 1. The van der Waals surface area contributed by atoms with Gasteiger partial charge in [-0.05, 0) is 80.1 Å². The van der Waals surface area contributed by atoms with Crippen LogP contribution in [0.1, 0.15) is 60.8 Å². The average Bonchev–Trinajstić information content (AvgIpc) is 3.40. The van der Waals surface area contributed by atoms with E-state index in [1.807, 2.05) is 66.4 Å². The molecular weight excluding hydrogens is 540 g/mol. The van der Waals surface area contributed by atoms with E-state index in [0.29, 0.717) is 36.1 Å². The fourth-order valence-electron chi connectivity index (χ4n) is 5.27. The first-order chi connectivity index (χ1) is 20.5. The molecule has 0 unspecified atom stereocenters. The van der Waals surface area contributed by atoms with Crippen LogP contribution in [0.25, 0.3) is 5.69 Å². The molecule has 1 aromatic heterocycles. The van der Waals surface area contributed by atoms with Gasteiger partial charge in [-0.1, -0.05) is 50.6 Å². The molecule has 3 aromatic carbocycles. The molecule has 5 rings (SSSR count). The molecule has 1 saturated heterocycles. The number of rotatable bonds is 6. The molecule has 0 spiro atoms. The van der Waals surface area contributed by atoms with Crippen LogP contribution in [-0.4, -0.2) is 44.8 Å². The van der Waals surface area contributed by atoms with Crippen molar-refractivity contribution in [3.63, 3.8) is 0 Å². The smallest absolute Gasteiger partial charge is 0.324 e. The highest BCUT2D eigenvalue weighted by Gasteiger charge is 2.25. The number of aromatic nitrogens is 2. The predicted octanol–water partition coefficient (Wildman–Crippen LogP) is 6.50. The minimum atomic E-state index is -0.339. The van der Waals surface area contributed by atoms with Crippen LogP contribution < -0.4 is 16.4 Å². The largest absolute Gasteiger partial charge is 0.506 e. The lowest BCUT2D eigenvalue weighted by atomic mass is 9.90. The molecule has 0 aliphatic carbocycles. The highest BCUT2D eigenvalue weighted by Crippen LogP contribution is 2.28. The number of urea groups is 1. The Kier molecular flexibility index (Phi) is 8.43. The summed E-state index contributed by atoms with van der Waals surface area (Å²) >= 11 is 0. The maximum atomic E-state index is 13.0. The summed E-state index contributed by atoms with van der Waals surface area (Å²) in [4.78, 5) is 27.7. The van der Waals surface area contributed by atoms with E-state index < -0.39 is 0 Å². The maximum absolute atomic E-state index is 13.0. The quantitative estimate of drug-likeness (QED) is 0.153. The summed E-state index contributed by atoms with van der Waals surface area (Å²) < 4.78 is 1.77. The van der Waals surface area contributed by atoms with E-state index in [1.54, 1.807) is 10.7 Å². The Bertz CT molecular complexity index is 1590. The SMILES string of the molecule is Cc1ccc(-n2nc(C(C)(C)C)cc2NC(=O)Nc2ccc(CC3CCN(C(=O)c4ccc(O)c(N)c4)CC3)cc2)cc1. The second-order valence-corrected chi connectivity index (χ2v) is 12.4. The van der Waals surface area contributed by atoms with Crippen molar-refractivity contribution in [3.05, 3.63) is 95.2 Å². The van der Waals surface area contributed by atoms with E-state index in [9.17, 15) is 14.7 Å². The summed E-state index contributed by atoms with van der Waals surface area (Å²) in [5.41, 5.74) is 11.1. The molecule has 2 heterocycles. The lowest BCUT2D eigenvalue weighted by Gasteiger charge is -2.32. The van der Waals surface area contributed by atoms with Gasteiger partial charge in [0.05, 0.1) is 17.1 Å². The van der Waals surface area contributed by atoms with Crippen molar-refractivity contribution in [3.8, 4) is 11.4 Å². The number of carbonyl (C=O) groups is 2. The number of nitrogen functional groups attached to an aromatic ring is 1. The van der Waals surface area contributed by atoms with E-state index in [2.05, 4.69) is 31.4 Å². The fourth-order valence-corrected chi connectivity index (χ4v) is 5.27. The number of phenolic OH excluding ortho intramolecular Hbond substituents is 1. The molecule has 5 N–H and O–H groups in total. The van der Waals surface area contributed by atoms with Crippen LogP contribution in [0.5, 0.6) is 5.75 Å². The Morgan fingerprint density at radius 2 is 1.63 bits per heavy atom. The Morgan fingerprint density at radius 3 is 2.26 bits per heavy atom. The van der Waals surface area contributed by atoms with Crippen LogP contribution in [0.4, 0.5) is 22.0 Å². The van der Waals surface area contributed by atoms with E-state index in [-0.39, 0.29) is 28.8 Å². The molecule has 4 aromatic rings. The Morgan fingerprint density at radius 1 is 0.953 bits per heavy atom. The summed E-state index contributed by atoms with van der Waals surface area (Å²) in [6.07, 6.45) is 2.73. The summed E-state index contributed by atoms with van der Waals surface area (Å²) in [5.74, 6) is 0.990. The highest BCUT2D eigenvalue weighted by molar-refractivity contribution is 5.99. The molecule has 9 nitrogen and oxygen atoms in total. The molecule has 224 valence electrons. The highest BCUT2D eigenvalue weighted by atomic mass is 16.3. The zero-order valence-electron chi connectivity index (χ0n) is 25.2. The topological polar surface area (TPSA) is 126 Å². The maximum Gasteiger partial charge on any atom is 0.324 e. The lowest BCUT2D eigenvalue weighted by Crippen LogP contribution is -2.38. The fraction of sp³-hybridized carbons (Fsp3) is 0.324. The third kappa shape index (κ3) is 7.17. The standard InChI is InChI=1S/C34H40N6O3/c1-22-5-12-27(13-6-22)40-31(21-30(38-40)34(2,3)4)37-33(43)36-26-10-7-23(8-11-26)19-24-15-17-39(18-16-24)32(42)25-9-14-29(41)28(35)20-25/h5-14,20-21,24,41H,15-19,35H2,1-4H3,(H2,36,37,43). The van der Waals surface area contributed by atoms with Gasteiger partial charge in [0, 0.05) is 35.8 Å². The molecular formula is C34H40N6O3. The minimum absolute atomic E-state index is 0.0163. The van der Waals surface area contributed by atoms with Gasteiger partial charge in [0.15, 0.2) is 0 Å². The van der Waals surface area contributed by atoms with Gasteiger partial charge in [0.1, 0.15) is 11.6 Å². The second-order valence-electron chi connectivity index (χ2n) is 12.4. The van der Waals surface area contributed by atoms with E-state index in [4.69, 9.17) is 10.8 Å². The van der Waals surface area contributed by atoms with Crippen molar-refractivity contribution in [2.45, 2.75) is 52.4 Å². The third-order valence-corrected chi connectivity index (χ3v) is 7.91. The summed E-state index contributed by atoms with van der Waals surface area (Å²) in [5, 5.41) is 20.3. The van der Waals surface area contributed by atoms with Crippen LogP contribution in [0.15, 0.2) is 72.8 Å². The number of aryl methyl sites for hydroxylation is 1. The predicted molar refractivity (Wildman–Crippen MR) is 171 cm³/mol. The number of amides is 3. The molecule has 1 aliphatic heterocycles. The van der Waals surface area contributed by atoms with Crippen LogP contribution in [0.3, 0.4) is 0 Å². The second kappa shape index (κ2) is 12.2. The van der Waals surface area contributed by atoms with Crippen molar-refractivity contribution >= 4 is 29.1 Å². The van der Waals surface area contributed by atoms with Crippen molar-refractivity contribution in [2.24, 2.45) is 5.92 Å². The van der Waals surface area contributed by atoms with Gasteiger partial charge in [-0.3, -0.25) is 10.1 Å². The Labute approximate surface area is 252 Å². The number of hydrogen-bond acceptors (Lipinski definition) is 5. The third-order valence-electron chi connectivity index (χ3n) is 7.91. The average molecular weight is 581 g/mol. The molecule has 0 radical (unpaired) electrons. The molecule has 1 fully saturated rings. The first-order valence-electron chi connectivity index (χ1n) is 14.7. The molecule has 43 heavy (non-hydrogen) atoms. The summed E-state index contributed by atoms with van der Waals surface area (Å²) in [7, 11) is 0. The number of nitrogens with zero attached hydrogens (tertiary/aromatic N) is 3. The number of aromatic hydroxyl groups is 1. The van der Waals surface area contributed by atoms with E-state index in [0.717, 1.165) is 36.2 Å². The summed E-state index contributed by atoms with van der Waals surface area (Å²) in [6.45, 7) is 9.68. The zero-order valence-corrected chi connectivity index (χ0v) is 25.2. The Hall–Kier alpha value is -4.79. The van der Waals surface area contributed by atoms with Crippen molar-refractivity contribution in [1.29, 1.82) is 0 Å². The van der Waals surface area contributed by atoms with Crippen LogP contribution >= 0.6 is 0 Å². The molecule has 0 atom stereocenters. The van der Waals surface area contributed by atoms with Gasteiger partial charge in [-0.25, -0.2) is 9.48 Å². The molecule has 0 saturated carbocycles. The molecule has 0 bridgehead atoms. The number of phenols is 1. The minimum Gasteiger partial charge on any atom is -0.506 e. The van der Waals surface area contributed by atoms with Crippen LogP contribution in [0, 0.1) is 12.8 Å². The number of benzene rings is 3.